The average molecular weight is 428 g/mol. The van der Waals surface area contributed by atoms with Crippen LogP contribution in [-0.2, 0) is 19.1 Å². The van der Waals surface area contributed by atoms with Crippen molar-refractivity contribution >= 4 is 17.6 Å². The molecule has 13 nitrogen and oxygen atoms in total. The number of nitro groups is 1. The van der Waals surface area contributed by atoms with Crippen molar-refractivity contribution in [1.82, 2.24) is 5.32 Å². The molecule has 0 aromatic heterocycles. The Kier molecular flexibility index (Phi) is 5.92. The molecule has 1 aromatic rings. The van der Waals surface area contributed by atoms with Gasteiger partial charge in [0.15, 0.2) is 12.2 Å². The van der Waals surface area contributed by atoms with Crippen LogP contribution in [0.4, 0.5) is 5.69 Å². The first kappa shape index (κ1) is 21.9. The van der Waals surface area contributed by atoms with Gasteiger partial charge in [-0.15, -0.1) is 0 Å². The Hall–Kier alpha value is -2.84. The maximum Gasteiger partial charge on any atom is 0.383 e. The lowest BCUT2D eigenvalue weighted by atomic mass is 9.88. The van der Waals surface area contributed by atoms with E-state index in [1.807, 2.05) is 0 Å². The van der Waals surface area contributed by atoms with E-state index in [0.717, 1.165) is 31.2 Å². The molecule has 1 aromatic carbocycles. The molecule has 0 radical (unpaired) electrons. The molecular weight excluding hydrogens is 408 g/mol. The van der Waals surface area contributed by atoms with Gasteiger partial charge in [0, 0.05) is 19.1 Å². The van der Waals surface area contributed by atoms with Crippen LogP contribution < -0.4 is 10.1 Å². The predicted molar refractivity (Wildman–Crippen MR) is 93.9 cm³/mol. The summed E-state index contributed by atoms with van der Waals surface area (Å²) in [5.41, 5.74) is -0.248. The molecule has 2 fully saturated rings. The number of hydrogen-bond donors (Lipinski definition) is 5. The molecule has 1 amide bonds. The summed E-state index contributed by atoms with van der Waals surface area (Å²) in [6.45, 7) is 0.288. The van der Waals surface area contributed by atoms with Crippen molar-refractivity contribution in [3.63, 3.8) is 0 Å². The number of amides is 1. The molecular formula is C17H20N2O11. The Morgan fingerprint density at radius 2 is 2.00 bits per heavy atom. The van der Waals surface area contributed by atoms with E-state index < -0.39 is 65.8 Å². The maximum absolute atomic E-state index is 12.6. The van der Waals surface area contributed by atoms with E-state index in [0.29, 0.717) is 0 Å². The summed E-state index contributed by atoms with van der Waals surface area (Å²) >= 11 is 0. The molecule has 0 saturated carbocycles. The molecule has 2 bridgehead atoms. The summed E-state index contributed by atoms with van der Waals surface area (Å²) in [5.74, 6) is -4.33. The van der Waals surface area contributed by atoms with Crippen LogP contribution in [0.3, 0.4) is 0 Å². The van der Waals surface area contributed by atoms with Crippen LogP contribution >= 0.6 is 0 Å². The van der Waals surface area contributed by atoms with Gasteiger partial charge in [-0.2, -0.15) is 0 Å². The fourth-order valence-electron chi connectivity index (χ4n) is 3.40. The highest BCUT2D eigenvalue weighted by molar-refractivity contribution is 5.83. The molecule has 2 aliphatic rings. The summed E-state index contributed by atoms with van der Waals surface area (Å²) in [5, 5.41) is 53.2. The van der Waals surface area contributed by atoms with Gasteiger partial charge in [0.05, 0.1) is 17.6 Å². The minimum absolute atomic E-state index is 0.0915. The van der Waals surface area contributed by atoms with E-state index in [1.165, 1.54) is 0 Å². The largest absolute Gasteiger partial charge is 0.452 e. The Balaban J connectivity index is 1.96. The van der Waals surface area contributed by atoms with Gasteiger partial charge in [0.2, 0.25) is 5.91 Å². The number of nitro benzene ring substituents is 1. The third-order valence-electron chi connectivity index (χ3n) is 4.85. The van der Waals surface area contributed by atoms with Crippen LogP contribution in [0, 0.1) is 10.1 Å². The number of fused-ring (bicyclic) bond motifs is 2. The Morgan fingerprint density at radius 1 is 1.37 bits per heavy atom. The van der Waals surface area contributed by atoms with Crippen molar-refractivity contribution in [2.24, 2.45) is 0 Å². The van der Waals surface area contributed by atoms with Gasteiger partial charge in [-0.1, -0.05) is 0 Å². The molecule has 13 heteroatoms. The summed E-state index contributed by atoms with van der Waals surface area (Å²) < 4.78 is 16.2. The van der Waals surface area contributed by atoms with Crippen molar-refractivity contribution in [2.75, 3.05) is 6.61 Å². The highest BCUT2D eigenvalue weighted by Crippen LogP contribution is 2.42. The number of non-ortho nitro benzene ring substituents is 1. The van der Waals surface area contributed by atoms with Crippen LogP contribution in [0.2, 0.25) is 0 Å². The standard InChI is InChI=1S/C17H20N2O11/c1-7(21)18-11-13(12(23)10(22)6-20)30-17(15(24)14(11)28-16(17)25)29-9-4-2-8(3-5-9)19(26)27/h2-5,10-15,20,22-24H,6H2,1H3,(H,18,21)/t10-,11+,12-,13-,14-,15-,17-/m1/s1. The number of hydrogen-bond acceptors (Lipinski definition) is 11. The summed E-state index contributed by atoms with van der Waals surface area (Å²) in [6.07, 6.45) is -8.18. The molecule has 2 heterocycles. The number of esters is 1. The Labute approximate surface area is 168 Å². The summed E-state index contributed by atoms with van der Waals surface area (Å²) in [4.78, 5) is 34.3. The zero-order valence-corrected chi connectivity index (χ0v) is 15.6. The third kappa shape index (κ3) is 3.68. The fourth-order valence-corrected chi connectivity index (χ4v) is 3.40. The van der Waals surface area contributed by atoms with Crippen molar-refractivity contribution in [1.29, 1.82) is 0 Å². The van der Waals surface area contributed by atoms with Gasteiger partial charge in [-0.25, -0.2) is 4.79 Å². The van der Waals surface area contributed by atoms with Gasteiger partial charge in [0.1, 0.15) is 24.1 Å². The molecule has 2 saturated heterocycles. The zero-order chi connectivity index (χ0) is 22.2. The molecule has 5 N–H and O–H groups in total. The first-order valence-corrected chi connectivity index (χ1v) is 8.85. The van der Waals surface area contributed by atoms with E-state index in [2.05, 4.69) is 5.32 Å². The molecule has 7 atom stereocenters. The predicted octanol–water partition coefficient (Wildman–Crippen LogP) is -2.43. The van der Waals surface area contributed by atoms with Gasteiger partial charge in [-0.3, -0.25) is 14.9 Å². The summed E-state index contributed by atoms with van der Waals surface area (Å²) in [6, 6.07) is 3.25. The van der Waals surface area contributed by atoms with Gasteiger partial charge >= 0.3 is 11.8 Å². The molecule has 0 unspecified atom stereocenters. The lowest BCUT2D eigenvalue weighted by Gasteiger charge is -2.44. The topological polar surface area (TPSA) is 198 Å². The fraction of sp³-hybridized carbons (Fsp3) is 0.529. The number of carbonyl (C=O) groups excluding carboxylic acids is 2. The molecule has 0 aliphatic carbocycles. The maximum atomic E-state index is 12.6. The van der Waals surface area contributed by atoms with Crippen molar-refractivity contribution < 1.29 is 49.1 Å². The molecule has 164 valence electrons. The highest BCUT2D eigenvalue weighted by Gasteiger charge is 2.70. The first-order chi connectivity index (χ1) is 14.1. The van der Waals surface area contributed by atoms with Gasteiger partial charge < -0.3 is 40.0 Å². The van der Waals surface area contributed by atoms with E-state index >= 15 is 0 Å². The third-order valence-corrected chi connectivity index (χ3v) is 4.85. The Bertz CT molecular complexity index is 831. The van der Waals surface area contributed by atoms with E-state index in [9.17, 15) is 35.0 Å². The van der Waals surface area contributed by atoms with Crippen LogP contribution in [-0.4, -0.2) is 86.2 Å². The van der Waals surface area contributed by atoms with Crippen LogP contribution in [0.1, 0.15) is 6.92 Å². The Morgan fingerprint density at radius 3 is 2.53 bits per heavy atom. The number of aliphatic hydroxyl groups excluding tert-OH is 4. The number of carbonyl (C=O) groups is 2. The monoisotopic (exact) mass is 428 g/mol. The number of aliphatic hydroxyl groups is 4. The summed E-state index contributed by atoms with van der Waals surface area (Å²) in [7, 11) is 0. The van der Waals surface area contributed by atoms with Crippen molar-refractivity contribution in [2.45, 2.75) is 49.3 Å². The quantitative estimate of drug-likeness (QED) is 0.176. The average Bonchev–Trinajstić information content (AvgIpc) is 2.86. The van der Waals surface area contributed by atoms with Crippen LogP contribution in [0.15, 0.2) is 24.3 Å². The number of benzene rings is 1. The molecule has 2 aliphatic heterocycles. The molecule has 3 rings (SSSR count). The number of nitrogens with zero attached hydrogens (tertiary/aromatic N) is 1. The zero-order valence-electron chi connectivity index (χ0n) is 15.6. The van der Waals surface area contributed by atoms with Gasteiger partial charge in [-0.05, 0) is 12.1 Å². The van der Waals surface area contributed by atoms with Gasteiger partial charge in [0.25, 0.3) is 5.69 Å². The van der Waals surface area contributed by atoms with Crippen LogP contribution in [0.25, 0.3) is 0 Å². The second-order valence-corrected chi connectivity index (χ2v) is 6.88. The minimum Gasteiger partial charge on any atom is -0.452 e. The SMILES string of the molecule is CC(=O)N[C@@H]1[C@H]2OC(=O)[C@](Oc3ccc([N+](=O)[O-])cc3)(O[C@H]1[C@H](O)[C@H](O)CO)[C@@H]2O. The van der Waals surface area contributed by atoms with E-state index in [-0.39, 0.29) is 11.4 Å². The normalized spacial score (nSPS) is 32.1. The second kappa shape index (κ2) is 8.12. The van der Waals surface area contributed by atoms with Crippen LogP contribution in [0.5, 0.6) is 5.75 Å². The second-order valence-electron chi connectivity index (χ2n) is 6.88. The highest BCUT2D eigenvalue weighted by atomic mass is 16.8. The number of rotatable bonds is 7. The molecule has 0 spiro atoms. The lowest BCUT2D eigenvalue weighted by Crippen LogP contribution is -2.70. The number of ether oxygens (including phenoxy) is 3. The number of nitrogens with one attached hydrogen (secondary N) is 1. The first-order valence-electron chi connectivity index (χ1n) is 8.85. The smallest absolute Gasteiger partial charge is 0.383 e. The van der Waals surface area contributed by atoms with Crippen molar-refractivity contribution in [3.8, 4) is 5.75 Å². The lowest BCUT2D eigenvalue weighted by molar-refractivity contribution is -0.384. The minimum atomic E-state index is -2.48. The molecule has 30 heavy (non-hydrogen) atoms. The van der Waals surface area contributed by atoms with E-state index in [4.69, 9.17) is 19.3 Å². The van der Waals surface area contributed by atoms with Crippen molar-refractivity contribution in [3.05, 3.63) is 34.4 Å². The van der Waals surface area contributed by atoms with E-state index in [1.54, 1.807) is 0 Å².